The van der Waals surface area contributed by atoms with Gasteiger partial charge in [0.15, 0.2) is 0 Å². The number of nitrogens with two attached hydrogens (primary N) is 4. The summed E-state index contributed by atoms with van der Waals surface area (Å²) >= 11 is 0. The third-order valence-corrected chi connectivity index (χ3v) is 13.2. The number of carbonyl (C=O) groups is 8. The largest absolute Gasteiger partial charge is 0.490 e. The zero-order valence-corrected chi connectivity index (χ0v) is 51.3. The Labute approximate surface area is 555 Å². The van der Waals surface area contributed by atoms with Crippen molar-refractivity contribution >= 4 is 93.9 Å². The minimum Gasteiger partial charge on any atom is -0.475 e. The molecule has 8 bridgehead atoms. The van der Waals surface area contributed by atoms with Crippen molar-refractivity contribution in [1.29, 1.82) is 0 Å². The van der Waals surface area contributed by atoms with Gasteiger partial charge in [0, 0.05) is 119 Å². The van der Waals surface area contributed by atoms with Crippen molar-refractivity contribution in [3.8, 4) is 44.5 Å². The highest BCUT2D eigenvalue weighted by atomic mass is 19.4. The average Bonchev–Trinajstić information content (AvgIpc) is 1.61. The van der Waals surface area contributed by atoms with E-state index in [-0.39, 0.29) is 23.6 Å². The Morgan fingerprint density at radius 1 is 0.310 bits per heavy atom. The van der Waals surface area contributed by atoms with Crippen molar-refractivity contribution in [1.82, 2.24) is 41.2 Å². The van der Waals surface area contributed by atoms with Gasteiger partial charge in [0.1, 0.15) is 0 Å². The van der Waals surface area contributed by atoms with Crippen LogP contribution in [0.2, 0.25) is 0 Å². The molecule has 2 aliphatic rings. The summed E-state index contributed by atoms with van der Waals surface area (Å²) in [6.07, 6.45) is -12.5. The molecule has 36 heteroatoms. The number of hydrogen-bond acceptors (Lipinski definition) is 14. The van der Waals surface area contributed by atoms with Gasteiger partial charge < -0.3 is 74.6 Å². The number of aliphatic carboxylic acids is 4. The molecular weight excluding hydrogens is 1360 g/mol. The SMILES string of the molecule is NCCNC(=O)c1ccc(-c2c3nc(c(-c4ccc(C(=O)NCCN)cc4)c4ccc([nH]4)c(-c4ccc(C(=O)NCCN)cc4)c4nc(c(-c5ccc(C(=O)NCCN)cc5)c5ccc2[nH]5)C=C4)C=C3)cc1.O=C(O)C(F)(F)F.O=C(O)C(F)(F)F.O=C(O)C(F)(F)F.O=C(O)C(F)(F)F. The van der Waals surface area contributed by atoms with E-state index < -0.39 is 48.6 Å². The molecule has 4 amide bonds. The van der Waals surface area contributed by atoms with Crippen molar-refractivity contribution in [3.63, 3.8) is 0 Å². The summed E-state index contributed by atoms with van der Waals surface area (Å²) in [7, 11) is 0. The number of benzene rings is 4. The zero-order valence-electron chi connectivity index (χ0n) is 51.3. The maximum absolute atomic E-state index is 13.0. The highest BCUT2D eigenvalue weighted by molar-refractivity contribution is 6.03. The smallest absolute Gasteiger partial charge is 0.475 e. The Morgan fingerprint density at radius 2 is 0.470 bits per heavy atom. The van der Waals surface area contributed by atoms with Gasteiger partial charge in [-0.2, -0.15) is 52.7 Å². The lowest BCUT2D eigenvalue weighted by Crippen LogP contribution is -2.28. The number of hydrogen-bond donors (Lipinski definition) is 14. The second-order valence-electron chi connectivity index (χ2n) is 20.2. The Morgan fingerprint density at radius 3 is 0.610 bits per heavy atom. The molecule has 2 aliphatic heterocycles. The predicted molar refractivity (Wildman–Crippen MR) is 341 cm³/mol. The lowest BCUT2D eigenvalue weighted by Gasteiger charge is -2.09. The Kier molecular flexibility index (Phi) is 27.6. The van der Waals surface area contributed by atoms with Crippen molar-refractivity contribution in [2.75, 3.05) is 52.4 Å². The van der Waals surface area contributed by atoms with Crippen molar-refractivity contribution < 1.29 is 111 Å². The number of amides is 4. The van der Waals surface area contributed by atoms with E-state index in [1.165, 1.54) is 0 Å². The second kappa shape index (κ2) is 35.0. The molecule has 5 heterocycles. The number of aromatic amines is 2. The average molecular weight is 1420 g/mol. The first-order chi connectivity index (χ1) is 46.9. The number of aromatic nitrogens is 4. The molecule has 0 atom stereocenters. The van der Waals surface area contributed by atoms with Crippen LogP contribution in [0.15, 0.2) is 121 Å². The van der Waals surface area contributed by atoms with E-state index >= 15 is 0 Å². The quantitative estimate of drug-likeness (QED) is 0.0402. The van der Waals surface area contributed by atoms with Crippen LogP contribution in [0.1, 0.15) is 64.2 Å². The topological polar surface area (TPSA) is 427 Å². The highest BCUT2D eigenvalue weighted by Gasteiger charge is 2.40. The number of H-pyrrole nitrogens is 2. The zero-order chi connectivity index (χ0) is 74.5. The van der Waals surface area contributed by atoms with Crippen molar-refractivity contribution in [2.24, 2.45) is 22.9 Å². The fraction of sp³-hybridized carbons (Fsp3) is 0.188. The molecule has 4 aromatic carbocycles. The number of carbonyl (C=O) groups excluding carboxylic acids is 4. The van der Waals surface area contributed by atoms with Gasteiger partial charge in [-0.15, -0.1) is 0 Å². The van der Waals surface area contributed by atoms with Crippen LogP contribution in [0.5, 0.6) is 0 Å². The first-order valence-electron chi connectivity index (χ1n) is 28.7. The van der Waals surface area contributed by atoms with Crippen LogP contribution in [-0.2, 0) is 19.2 Å². The minimum absolute atomic E-state index is 0.231. The third kappa shape index (κ3) is 22.1. The first-order valence-corrected chi connectivity index (χ1v) is 28.7. The number of nitrogens with zero attached hydrogens (tertiary/aromatic N) is 2. The van der Waals surface area contributed by atoms with Crippen molar-refractivity contribution in [2.45, 2.75) is 24.7 Å². The van der Waals surface area contributed by atoms with E-state index in [0.29, 0.717) is 97.4 Å². The van der Waals surface area contributed by atoms with Crippen LogP contribution in [0.3, 0.4) is 0 Å². The van der Waals surface area contributed by atoms with Gasteiger partial charge >= 0.3 is 48.6 Å². The number of alkyl halides is 12. The summed E-state index contributed by atoms with van der Waals surface area (Å²) in [5.41, 5.74) is 36.4. The monoisotopic (exact) mass is 1410 g/mol. The predicted octanol–water partition coefficient (Wildman–Crippen LogP) is 8.61. The Hall–Kier alpha value is -11.8. The number of nitrogens with one attached hydrogen (secondary N) is 6. The van der Waals surface area contributed by atoms with Gasteiger partial charge in [0.05, 0.1) is 22.8 Å². The molecular formula is C64H58F12N12O12. The molecule has 0 saturated heterocycles. The second-order valence-corrected chi connectivity index (χ2v) is 20.2. The molecule has 0 aliphatic carbocycles. The number of rotatable bonds is 16. The molecule has 0 unspecified atom stereocenters. The number of carboxylic acid groups (broad SMARTS) is 4. The molecule has 24 nitrogen and oxygen atoms in total. The summed E-state index contributed by atoms with van der Waals surface area (Å²) in [6.45, 7) is 2.66. The van der Waals surface area contributed by atoms with Gasteiger partial charge in [-0.1, -0.05) is 48.5 Å². The third-order valence-electron chi connectivity index (χ3n) is 13.2. The van der Waals surface area contributed by atoms with Crippen LogP contribution < -0.4 is 44.2 Å². The Bertz CT molecular complexity index is 3800. The normalized spacial score (nSPS) is 11.5. The molecule has 530 valence electrons. The van der Waals surface area contributed by atoms with Gasteiger partial charge in [0.2, 0.25) is 0 Å². The molecule has 0 saturated carbocycles. The summed E-state index contributed by atoms with van der Waals surface area (Å²) < 4.78 is 127. The lowest BCUT2D eigenvalue weighted by molar-refractivity contribution is -0.193. The highest BCUT2D eigenvalue weighted by Crippen LogP contribution is 2.39. The lowest BCUT2D eigenvalue weighted by atomic mass is 10.0. The summed E-state index contributed by atoms with van der Waals surface area (Å²) in [5, 5.41) is 39.9. The van der Waals surface area contributed by atoms with E-state index in [0.717, 1.165) is 66.6 Å². The number of halogens is 12. The number of carboxylic acids is 4. The van der Waals surface area contributed by atoms with Crippen LogP contribution in [0.25, 0.3) is 90.9 Å². The summed E-state index contributed by atoms with van der Waals surface area (Å²) in [6, 6.07) is 37.4. The molecule has 7 aromatic rings. The van der Waals surface area contributed by atoms with E-state index in [1.54, 1.807) is 48.5 Å². The molecule has 9 rings (SSSR count). The van der Waals surface area contributed by atoms with E-state index in [2.05, 4.69) is 31.2 Å². The van der Waals surface area contributed by atoms with Crippen molar-refractivity contribution in [3.05, 3.63) is 166 Å². The first kappa shape index (κ1) is 78.9. The van der Waals surface area contributed by atoms with Gasteiger partial charge in [-0.05, 0) is 119 Å². The molecule has 18 N–H and O–H groups in total. The van der Waals surface area contributed by atoms with Gasteiger partial charge in [-0.25, -0.2) is 29.1 Å². The molecule has 3 aromatic heterocycles. The fourth-order valence-corrected chi connectivity index (χ4v) is 8.72. The minimum atomic E-state index is -5.08. The van der Waals surface area contributed by atoms with E-state index in [4.69, 9.17) is 72.5 Å². The van der Waals surface area contributed by atoms with Crippen LogP contribution >= 0.6 is 0 Å². The standard InChI is InChI=1S/C56H54N12O4.4C2HF3O2/c57-25-29-61-53(69)37-9-1-33(2-10-37)49-41-17-19-43(65-41)50(34-3-11-38(12-4-34)54(70)62-30-26-58)45-21-23-47(67-45)52(36-7-15-40(16-8-36)56(72)64-32-28-60)48-24-22-46(68-48)51(44-20-18-42(49)66-44)35-5-13-39(14-6-35)55(71)63-31-27-59;4*3-2(4,5)1(6)7/h1-24,65,68H,25-32,57-60H2,(H,61,69)(H,62,70)(H,63,71)(H,64,72);4*(H,6,7). The molecule has 0 fully saturated rings. The summed E-state index contributed by atoms with van der Waals surface area (Å²) in [5.74, 6) is -12.0. The Balaban J connectivity index is 0.000000540. The van der Waals surface area contributed by atoms with E-state index in [9.17, 15) is 71.9 Å². The van der Waals surface area contributed by atoms with E-state index in [1.807, 2.05) is 97.1 Å². The molecule has 100 heavy (non-hydrogen) atoms. The van der Waals surface area contributed by atoms with Gasteiger partial charge in [0.25, 0.3) is 23.6 Å². The summed E-state index contributed by atoms with van der Waals surface area (Å²) in [4.78, 5) is 106. The molecule has 0 radical (unpaired) electrons. The van der Waals surface area contributed by atoms with Crippen LogP contribution in [0, 0.1) is 0 Å². The maximum Gasteiger partial charge on any atom is 0.490 e. The maximum atomic E-state index is 13.0. The number of fused-ring (bicyclic) bond motifs is 8. The fourth-order valence-electron chi connectivity index (χ4n) is 8.72. The van der Waals surface area contributed by atoms with Crippen LogP contribution in [-0.4, -0.2) is 165 Å². The molecule has 0 spiro atoms. The van der Waals surface area contributed by atoms with Crippen LogP contribution in [0.4, 0.5) is 52.7 Å². The van der Waals surface area contributed by atoms with Gasteiger partial charge in [-0.3, -0.25) is 19.2 Å².